The molecule has 1 heterocycles. The highest BCUT2D eigenvalue weighted by Crippen LogP contribution is 2.39. The van der Waals surface area contributed by atoms with Crippen molar-refractivity contribution in [3.63, 3.8) is 0 Å². The van der Waals surface area contributed by atoms with Gasteiger partial charge in [0.25, 0.3) is 0 Å². The standard InChI is InChI=1S/C16H32N2O/c1-5-14-12-18(9-8-17(14)4)11-13-10-16(2,3)7-6-15(13)19/h13-15,19H,5-12H2,1-4H3. The minimum atomic E-state index is -0.0762. The molecule has 0 bridgehead atoms. The van der Waals surface area contributed by atoms with Gasteiger partial charge in [-0.15, -0.1) is 0 Å². The molecule has 1 saturated heterocycles. The summed E-state index contributed by atoms with van der Waals surface area (Å²) in [6, 6.07) is 0.697. The Labute approximate surface area is 119 Å². The van der Waals surface area contributed by atoms with Gasteiger partial charge in [0.05, 0.1) is 6.10 Å². The smallest absolute Gasteiger partial charge is 0.0581 e. The summed E-state index contributed by atoms with van der Waals surface area (Å²) in [6.45, 7) is 11.6. The van der Waals surface area contributed by atoms with Crippen LogP contribution < -0.4 is 0 Å². The van der Waals surface area contributed by atoms with Crippen LogP contribution in [-0.4, -0.2) is 60.3 Å². The van der Waals surface area contributed by atoms with E-state index in [4.69, 9.17) is 0 Å². The Hall–Kier alpha value is -0.120. The molecule has 0 spiro atoms. The number of rotatable bonds is 3. The van der Waals surface area contributed by atoms with Gasteiger partial charge in [0, 0.05) is 32.2 Å². The van der Waals surface area contributed by atoms with E-state index in [0.29, 0.717) is 17.4 Å². The van der Waals surface area contributed by atoms with Gasteiger partial charge in [-0.1, -0.05) is 20.8 Å². The lowest BCUT2D eigenvalue weighted by Gasteiger charge is -2.44. The summed E-state index contributed by atoms with van der Waals surface area (Å²) in [5.41, 5.74) is 0.417. The third kappa shape index (κ3) is 3.93. The summed E-state index contributed by atoms with van der Waals surface area (Å²) in [5.74, 6) is 0.477. The Morgan fingerprint density at radius 1 is 1.26 bits per heavy atom. The molecule has 3 unspecified atom stereocenters. The molecule has 1 aliphatic heterocycles. The zero-order valence-electron chi connectivity index (χ0n) is 13.2. The topological polar surface area (TPSA) is 26.7 Å². The number of aliphatic hydroxyl groups is 1. The molecule has 112 valence electrons. The molecular weight excluding hydrogens is 236 g/mol. The molecule has 3 nitrogen and oxygen atoms in total. The first-order valence-electron chi connectivity index (χ1n) is 8.02. The predicted octanol–water partition coefficient (Wildman–Crippen LogP) is 2.20. The summed E-state index contributed by atoms with van der Waals surface area (Å²) in [4.78, 5) is 5.07. The van der Waals surface area contributed by atoms with Crippen molar-refractivity contribution in [1.82, 2.24) is 9.80 Å². The fourth-order valence-electron chi connectivity index (χ4n) is 3.86. The van der Waals surface area contributed by atoms with E-state index in [1.165, 1.54) is 32.4 Å². The molecule has 0 aromatic heterocycles. The van der Waals surface area contributed by atoms with E-state index >= 15 is 0 Å². The lowest BCUT2D eigenvalue weighted by molar-refractivity contribution is -0.00909. The number of aliphatic hydroxyl groups excluding tert-OH is 1. The van der Waals surface area contributed by atoms with Gasteiger partial charge in [0.15, 0.2) is 0 Å². The zero-order valence-corrected chi connectivity index (χ0v) is 13.2. The highest BCUT2D eigenvalue weighted by Gasteiger charge is 2.35. The second kappa shape index (κ2) is 6.11. The minimum Gasteiger partial charge on any atom is -0.393 e. The molecule has 0 radical (unpaired) electrons. The summed E-state index contributed by atoms with van der Waals surface area (Å²) in [7, 11) is 2.24. The maximum Gasteiger partial charge on any atom is 0.0581 e. The largest absolute Gasteiger partial charge is 0.393 e. The van der Waals surface area contributed by atoms with Crippen LogP contribution in [0.3, 0.4) is 0 Å². The molecule has 1 saturated carbocycles. The third-order valence-electron chi connectivity index (χ3n) is 5.30. The normalized spacial score (nSPS) is 37.4. The summed E-state index contributed by atoms with van der Waals surface area (Å²) in [6.07, 6.45) is 4.49. The van der Waals surface area contributed by atoms with Gasteiger partial charge >= 0.3 is 0 Å². The van der Waals surface area contributed by atoms with E-state index in [9.17, 15) is 5.11 Å². The highest BCUT2D eigenvalue weighted by molar-refractivity contribution is 4.88. The molecule has 0 aromatic rings. The average molecular weight is 268 g/mol. The fourth-order valence-corrected chi connectivity index (χ4v) is 3.86. The molecule has 1 aliphatic carbocycles. The quantitative estimate of drug-likeness (QED) is 0.850. The van der Waals surface area contributed by atoms with Crippen molar-refractivity contribution < 1.29 is 5.11 Å². The molecule has 2 fully saturated rings. The van der Waals surface area contributed by atoms with Gasteiger partial charge in [-0.2, -0.15) is 0 Å². The average Bonchev–Trinajstić information content (AvgIpc) is 2.36. The van der Waals surface area contributed by atoms with Gasteiger partial charge in [0.2, 0.25) is 0 Å². The van der Waals surface area contributed by atoms with Crippen LogP contribution in [-0.2, 0) is 0 Å². The van der Waals surface area contributed by atoms with Crippen molar-refractivity contribution in [2.45, 2.75) is 58.6 Å². The maximum absolute atomic E-state index is 10.3. The van der Waals surface area contributed by atoms with Crippen LogP contribution in [0.1, 0.15) is 46.5 Å². The monoisotopic (exact) mass is 268 g/mol. The Morgan fingerprint density at radius 3 is 2.68 bits per heavy atom. The lowest BCUT2D eigenvalue weighted by atomic mass is 9.70. The van der Waals surface area contributed by atoms with Crippen LogP contribution >= 0.6 is 0 Å². The van der Waals surface area contributed by atoms with Crippen molar-refractivity contribution >= 4 is 0 Å². The highest BCUT2D eigenvalue weighted by atomic mass is 16.3. The molecule has 0 aromatic carbocycles. The second-order valence-corrected chi connectivity index (χ2v) is 7.54. The minimum absolute atomic E-state index is 0.0762. The van der Waals surface area contributed by atoms with E-state index in [2.05, 4.69) is 37.6 Å². The molecule has 19 heavy (non-hydrogen) atoms. The Morgan fingerprint density at radius 2 is 2.00 bits per heavy atom. The molecule has 2 aliphatic rings. The second-order valence-electron chi connectivity index (χ2n) is 7.54. The summed E-state index contributed by atoms with van der Waals surface area (Å²) < 4.78 is 0. The van der Waals surface area contributed by atoms with Crippen molar-refractivity contribution in [2.75, 3.05) is 33.2 Å². The SMILES string of the molecule is CCC1CN(CC2CC(C)(C)CCC2O)CCN1C. The number of hydrogen-bond donors (Lipinski definition) is 1. The van der Waals surface area contributed by atoms with E-state index in [1.54, 1.807) is 0 Å². The number of nitrogens with zero attached hydrogens (tertiary/aromatic N) is 2. The van der Waals surface area contributed by atoms with Crippen LogP contribution in [0.4, 0.5) is 0 Å². The first kappa shape index (κ1) is 15.3. The maximum atomic E-state index is 10.3. The first-order chi connectivity index (χ1) is 8.91. The van der Waals surface area contributed by atoms with Gasteiger partial charge in [-0.3, -0.25) is 0 Å². The van der Waals surface area contributed by atoms with Crippen molar-refractivity contribution in [2.24, 2.45) is 11.3 Å². The van der Waals surface area contributed by atoms with Crippen LogP contribution in [0, 0.1) is 11.3 Å². The summed E-state index contributed by atoms with van der Waals surface area (Å²) in [5, 5.41) is 10.3. The zero-order chi connectivity index (χ0) is 14.0. The van der Waals surface area contributed by atoms with Crippen LogP contribution in [0.2, 0.25) is 0 Å². The molecule has 0 amide bonds. The lowest BCUT2D eigenvalue weighted by Crippen LogP contribution is -2.53. The number of piperazine rings is 1. The molecule has 3 atom stereocenters. The van der Waals surface area contributed by atoms with Gasteiger partial charge in [-0.25, -0.2) is 0 Å². The molecular formula is C16H32N2O. The summed E-state index contributed by atoms with van der Waals surface area (Å²) >= 11 is 0. The number of likely N-dealkylation sites (N-methyl/N-ethyl adjacent to an activating group) is 1. The van der Waals surface area contributed by atoms with Crippen molar-refractivity contribution in [1.29, 1.82) is 0 Å². The number of hydrogen-bond acceptors (Lipinski definition) is 3. The van der Waals surface area contributed by atoms with Gasteiger partial charge in [-0.05, 0) is 44.1 Å². The third-order valence-corrected chi connectivity index (χ3v) is 5.30. The Kier molecular flexibility index (Phi) is 4.91. The van der Waals surface area contributed by atoms with E-state index < -0.39 is 0 Å². The van der Waals surface area contributed by atoms with E-state index in [0.717, 1.165) is 19.5 Å². The van der Waals surface area contributed by atoms with Crippen LogP contribution in [0.15, 0.2) is 0 Å². The molecule has 2 rings (SSSR count). The molecule has 1 N–H and O–H groups in total. The van der Waals surface area contributed by atoms with Gasteiger partial charge in [0.1, 0.15) is 0 Å². The Balaban J connectivity index is 1.89. The Bertz CT molecular complexity index is 292. The van der Waals surface area contributed by atoms with Gasteiger partial charge < -0.3 is 14.9 Å². The fraction of sp³-hybridized carbons (Fsp3) is 1.00. The van der Waals surface area contributed by atoms with E-state index in [1.807, 2.05) is 0 Å². The van der Waals surface area contributed by atoms with Crippen molar-refractivity contribution in [3.8, 4) is 0 Å². The van der Waals surface area contributed by atoms with Crippen LogP contribution in [0.25, 0.3) is 0 Å². The van der Waals surface area contributed by atoms with Crippen LogP contribution in [0.5, 0.6) is 0 Å². The van der Waals surface area contributed by atoms with Crippen molar-refractivity contribution in [3.05, 3.63) is 0 Å². The van der Waals surface area contributed by atoms with E-state index in [-0.39, 0.29) is 6.10 Å². The first-order valence-corrected chi connectivity index (χ1v) is 8.02. The molecule has 3 heteroatoms. The predicted molar refractivity (Wildman–Crippen MR) is 80.3 cm³/mol.